The Balaban J connectivity index is 2.64. The van der Waals surface area contributed by atoms with Crippen molar-refractivity contribution in [3.63, 3.8) is 0 Å². The first-order chi connectivity index (χ1) is 6.63. The molecule has 0 aliphatic heterocycles. The van der Waals surface area contributed by atoms with E-state index in [1.54, 1.807) is 12.1 Å². The van der Waals surface area contributed by atoms with E-state index in [9.17, 15) is 4.79 Å². The molecule has 0 heterocycles. The van der Waals surface area contributed by atoms with E-state index < -0.39 is 12.0 Å². The molecule has 1 aromatic carbocycles. The SMILES string of the molecule is CC(O)C(=O)Nc1ccc(CN)cc1. The van der Waals surface area contributed by atoms with E-state index in [4.69, 9.17) is 10.8 Å². The summed E-state index contributed by atoms with van der Waals surface area (Å²) in [7, 11) is 0. The normalized spacial score (nSPS) is 12.2. The summed E-state index contributed by atoms with van der Waals surface area (Å²) in [6, 6.07) is 7.17. The van der Waals surface area contributed by atoms with Gasteiger partial charge in [0, 0.05) is 12.2 Å². The Morgan fingerprint density at radius 3 is 2.50 bits per heavy atom. The number of rotatable bonds is 3. The van der Waals surface area contributed by atoms with Crippen molar-refractivity contribution in [2.75, 3.05) is 5.32 Å². The van der Waals surface area contributed by atoms with E-state index in [1.165, 1.54) is 6.92 Å². The molecule has 0 spiro atoms. The van der Waals surface area contributed by atoms with Gasteiger partial charge in [0.05, 0.1) is 0 Å². The van der Waals surface area contributed by atoms with Crippen LogP contribution in [0.2, 0.25) is 0 Å². The van der Waals surface area contributed by atoms with Crippen molar-refractivity contribution in [1.29, 1.82) is 0 Å². The fourth-order valence-electron chi connectivity index (χ4n) is 0.971. The molecule has 0 saturated heterocycles. The molecule has 4 N–H and O–H groups in total. The maximum Gasteiger partial charge on any atom is 0.252 e. The molecular weight excluding hydrogens is 180 g/mol. The number of carbonyl (C=O) groups is 1. The van der Waals surface area contributed by atoms with Gasteiger partial charge in [-0.05, 0) is 24.6 Å². The highest BCUT2D eigenvalue weighted by Gasteiger charge is 2.07. The van der Waals surface area contributed by atoms with Crippen molar-refractivity contribution in [2.24, 2.45) is 5.73 Å². The minimum absolute atomic E-state index is 0.412. The lowest BCUT2D eigenvalue weighted by Crippen LogP contribution is -2.24. The van der Waals surface area contributed by atoms with Gasteiger partial charge in [-0.3, -0.25) is 4.79 Å². The molecule has 76 valence electrons. The second-order valence-electron chi connectivity index (χ2n) is 3.07. The standard InChI is InChI=1S/C10H14N2O2/c1-7(13)10(14)12-9-4-2-8(6-11)3-5-9/h2-5,7,13H,6,11H2,1H3,(H,12,14). The molecule has 1 amide bonds. The number of hydrogen-bond acceptors (Lipinski definition) is 3. The number of anilines is 1. The molecule has 1 atom stereocenters. The van der Waals surface area contributed by atoms with E-state index in [0.29, 0.717) is 12.2 Å². The average molecular weight is 194 g/mol. The molecular formula is C10H14N2O2. The van der Waals surface area contributed by atoms with E-state index in [-0.39, 0.29) is 0 Å². The van der Waals surface area contributed by atoms with Crippen LogP contribution in [0.3, 0.4) is 0 Å². The van der Waals surface area contributed by atoms with E-state index in [2.05, 4.69) is 5.32 Å². The number of hydrogen-bond donors (Lipinski definition) is 3. The quantitative estimate of drug-likeness (QED) is 0.654. The zero-order valence-electron chi connectivity index (χ0n) is 8.03. The van der Waals surface area contributed by atoms with E-state index in [1.807, 2.05) is 12.1 Å². The van der Waals surface area contributed by atoms with Gasteiger partial charge in [0.1, 0.15) is 6.10 Å². The predicted molar refractivity (Wildman–Crippen MR) is 54.6 cm³/mol. The van der Waals surface area contributed by atoms with Crippen LogP contribution >= 0.6 is 0 Å². The van der Waals surface area contributed by atoms with Gasteiger partial charge in [-0.1, -0.05) is 12.1 Å². The summed E-state index contributed by atoms with van der Waals surface area (Å²) in [6.45, 7) is 1.90. The Labute approximate surface area is 82.7 Å². The van der Waals surface area contributed by atoms with Crippen molar-refractivity contribution < 1.29 is 9.90 Å². The zero-order valence-corrected chi connectivity index (χ0v) is 8.03. The Hall–Kier alpha value is -1.39. The fraction of sp³-hybridized carbons (Fsp3) is 0.300. The maximum atomic E-state index is 11.1. The molecule has 0 aliphatic rings. The first-order valence-electron chi connectivity index (χ1n) is 4.41. The number of carbonyl (C=O) groups excluding carboxylic acids is 1. The molecule has 0 aromatic heterocycles. The number of aliphatic hydroxyl groups is 1. The maximum absolute atomic E-state index is 11.1. The summed E-state index contributed by atoms with van der Waals surface area (Å²) in [5, 5.41) is 11.5. The molecule has 0 saturated carbocycles. The fourth-order valence-corrected chi connectivity index (χ4v) is 0.971. The molecule has 0 aliphatic carbocycles. The predicted octanol–water partition coefficient (Wildman–Crippen LogP) is 0.465. The number of nitrogens with one attached hydrogen (secondary N) is 1. The monoisotopic (exact) mass is 194 g/mol. The molecule has 1 rings (SSSR count). The molecule has 14 heavy (non-hydrogen) atoms. The minimum Gasteiger partial charge on any atom is -0.384 e. The van der Waals surface area contributed by atoms with Crippen LogP contribution in [-0.4, -0.2) is 17.1 Å². The Morgan fingerprint density at radius 1 is 1.50 bits per heavy atom. The third-order valence-electron chi connectivity index (χ3n) is 1.84. The smallest absolute Gasteiger partial charge is 0.252 e. The first kappa shape index (κ1) is 10.7. The lowest BCUT2D eigenvalue weighted by Gasteiger charge is -2.07. The highest BCUT2D eigenvalue weighted by molar-refractivity contribution is 5.93. The lowest BCUT2D eigenvalue weighted by molar-refractivity contribution is -0.123. The molecule has 4 heteroatoms. The third-order valence-corrected chi connectivity index (χ3v) is 1.84. The highest BCUT2D eigenvalue weighted by atomic mass is 16.3. The Kier molecular flexibility index (Phi) is 3.62. The first-order valence-corrected chi connectivity index (χ1v) is 4.41. The topological polar surface area (TPSA) is 75.3 Å². The molecule has 0 bridgehead atoms. The van der Waals surface area contributed by atoms with Crippen LogP contribution in [0.4, 0.5) is 5.69 Å². The lowest BCUT2D eigenvalue weighted by atomic mass is 10.2. The largest absolute Gasteiger partial charge is 0.384 e. The third kappa shape index (κ3) is 2.83. The second kappa shape index (κ2) is 4.74. The Morgan fingerprint density at radius 2 is 2.07 bits per heavy atom. The van der Waals surface area contributed by atoms with Gasteiger partial charge in [-0.15, -0.1) is 0 Å². The summed E-state index contributed by atoms with van der Waals surface area (Å²) in [5.74, 6) is -0.412. The van der Waals surface area contributed by atoms with Crippen LogP contribution in [0.5, 0.6) is 0 Å². The van der Waals surface area contributed by atoms with Gasteiger partial charge in [0.15, 0.2) is 0 Å². The van der Waals surface area contributed by atoms with Gasteiger partial charge < -0.3 is 16.2 Å². The van der Waals surface area contributed by atoms with Gasteiger partial charge in [-0.25, -0.2) is 0 Å². The van der Waals surface area contributed by atoms with Crippen molar-refractivity contribution in [3.05, 3.63) is 29.8 Å². The number of amides is 1. The van der Waals surface area contributed by atoms with Crippen molar-refractivity contribution in [2.45, 2.75) is 19.6 Å². The van der Waals surface area contributed by atoms with Crippen LogP contribution in [0.1, 0.15) is 12.5 Å². The zero-order chi connectivity index (χ0) is 10.6. The van der Waals surface area contributed by atoms with Gasteiger partial charge >= 0.3 is 0 Å². The number of nitrogens with two attached hydrogens (primary N) is 1. The summed E-state index contributed by atoms with van der Waals surface area (Å²) in [4.78, 5) is 11.1. The summed E-state index contributed by atoms with van der Waals surface area (Å²) >= 11 is 0. The van der Waals surface area contributed by atoms with Crippen molar-refractivity contribution >= 4 is 11.6 Å². The Bertz CT molecular complexity index is 306. The molecule has 0 fully saturated rings. The van der Waals surface area contributed by atoms with E-state index in [0.717, 1.165) is 5.56 Å². The van der Waals surface area contributed by atoms with Crippen molar-refractivity contribution in [1.82, 2.24) is 0 Å². The second-order valence-corrected chi connectivity index (χ2v) is 3.07. The van der Waals surface area contributed by atoms with Crippen LogP contribution in [-0.2, 0) is 11.3 Å². The molecule has 0 radical (unpaired) electrons. The van der Waals surface area contributed by atoms with Gasteiger partial charge in [-0.2, -0.15) is 0 Å². The molecule has 1 unspecified atom stereocenters. The highest BCUT2D eigenvalue weighted by Crippen LogP contribution is 2.09. The average Bonchev–Trinajstić information content (AvgIpc) is 2.19. The van der Waals surface area contributed by atoms with E-state index >= 15 is 0 Å². The van der Waals surface area contributed by atoms with Crippen molar-refractivity contribution in [3.8, 4) is 0 Å². The van der Waals surface area contributed by atoms with Crippen LogP contribution < -0.4 is 11.1 Å². The summed E-state index contributed by atoms with van der Waals surface area (Å²) < 4.78 is 0. The molecule has 1 aromatic rings. The number of benzene rings is 1. The summed E-state index contributed by atoms with van der Waals surface area (Å²) in [5.41, 5.74) is 7.08. The summed E-state index contributed by atoms with van der Waals surface area (Å²) in [6.07, 6.45) is -0.996. The minimum atomic E-state index is -0.996. The number of aliphatic hydroxyl groups excluding tert-OH is 1. The van der Waals surface area contributed by atoms with Crippen LogP contribution in [0, 0.1) is 0 Å². The molecule has 4 nitrogen and oxygen atoms in total. The van der Waals surface area contributed by atoms with Gasteiger partial charge in [0.25, 0.3) is 5.91 Å². The van der Waals surface area contributed by atoms with Crippen LogP contribution in [0.25, 0.3) is 0 Å². The van der Waals surface area contributed by atoms with Crippen LogP contribution in [0.15, 0.2) is 24.3 Å². The van der Waals surface area contributed by atoms with Gasteiger partial charge in [0.2, 0.25) is 0 Å².